The van der Waals surface area contributed by atoms with Crippen molar-refractivity contribution in [2.24, 2.45) is 0 Å². The molecule has 6 heteroatoms. The molecule has 0 spiro atoms. The van der Waals surface area contributed by atoms with Crippen molar-refractivity contribution in [2.45, 2.75) is 6.54 Å². The van der Waals surface area contributed by atoms with Gasteiger partial charge in [0.2, 0.25) is 0 Å². The first kappa shape index (κ1) is 14.5. The molecular formula is C16H16N4OS. The van der Waals surface area contributed by atoms with Crippen LogP contribution in [-0.4, -0.2) is 30.0 Å². The van der Waals surface area contributed by atoms with Crippen molar-refractivity contribution in [3.05, 3.63) is 53.2 Å². The molecule has 1 aromatic carbocycles. The van der Waals surface area contributed by atoms with Crippen molar-refractivity contribution in [3.63, 3.8) is 0 Å². The molecule has 0 bridgehead atoms. The number of thiazole rings is 1. The number of carbonyl (C=O) groups excluding carboxylic acids is 1. The van der Waals surface area contributed by atoms with Gasteiger partial charge in [0.1, 0.15) is 0 Å². The number of carbonyl (C=O) groups is 1. The molecule has 2 heterocycles. The van der Waals surface area contributed by atoms with Crippen LogP contribution in [0.5, 0.6) is 0 Å². The first-order valence-corrected chi connectivity index (χ1v) is 7.76. The van der Waals surface area contributed by atoms with Crippen LogP contribution in [0.25, 0.3) is 10.9 Å². The maximum atomic E-state index is 12.2. The summed E-state index contributed by atoms with van der Waals surface area (Å²) >= 11 is 1.56. The van der Waals surface area contributed by atoms with E-state index >= 15 is 0 Å². The zero-order chi connectivity index (χ0) is 15.5. The average molecular weight is 312 g/mol. The maximum Gasteiger partial charge on any atom is 0.253 e. The van der Waals surface area contributed by atoms with Gasteiger partial charge in [-0.25, -0.2) is 4.98 Å². The van der Waals surface area contributed by atoms with Gasteiger partial charge in [-0.15, -0.1) is 11.3 Å². The number of nitrogens with one attached hydrogen (secondary N) is 1. The molecule has 1 amide bonds. The van der Waals surface area contributed by atoms with Gasteiger partial charge in [0, 0.05) is 31.1 Å². The fraction of sp³-hybridized carbons (Fsp3) is 0.188. The molecule has 0 aliphatic heterocycles. The lowest BCUT2D eigenvalue weighted by Crippen LogP contribution is -2.23. The van der Waals surface area contributed by atoms with Gasteiger partial charge in [0.05, 0.1) is 23.3 Å². The number of pyridine rings is 1. The minimum atomic E-state index is -0.141. The van der Waals surface area contributed by atoms with Gasteiger partial charge < -0.3 is 10.2 Å². The molecule has 5 nitrogen and oxygen atoms in total. The highest BCUT2D eigenvalue weighted by Gasteiger charge is 2.09. The second-order valence-corrected chi connectivity index (χ2v) is 5.95. The molecule has 0 saturated heterocycles. The molecule has 0 radical (unpaired) electrons. The van der Waals surface area contributed by atoms with Gasteiger partial charge in [0.15, 0.2) is 5.13 Å². The molecule has 22 heavy (non-hydrogen) atoms. The largest absolute Gasteiger partial charge is 0.354 e. The molecule has 112 valence electrons. The molecule has 3 aromatic rings. The third-order valence-electron chi connectivity index (χ3n) is 3.20. The standard InChI is InChI=1S/C16H16N4OS/c1-20(2)16-19-13(10-22-16)9-18-15(21)12-7-11-5-3-4-6-14(11)17-8-12/h3-8,10H,9H2,1-2H3,(H,18,21). The Labute approximate surface area is 132 Å². The molecule has 0 atom stereocenters. The number of hydrogen-bond donors (Lipinski definition) is 1. The Kier molecular flexibility index (Phi) is 4.02. The van der Waals surface area contributed by atoms with E-state index < -0.39 is 0 Å². The molecule has 3 rings (SSSR count). The minimum Gasteiger partial charge on any atom is -0.354 e. The van der Waals surface area contributed by atoms with E-state index in [4.69, 9.17) is 0 Å². The van der Waals surface area contributed by atoms with Crippen LogP contribution in [0, 0.1) is 0 Å². The minimum absolute atomic E-state index is 0.141. The predicted molar refractivity (Wildman–Crippen MR) is 89.4 cm³/mol. The normalized spacial score (nSPS) is 10.6. The summed E-state index contributed by atoms with van der Waals surface area (Å²) in [5.41, 5.74) is 2.30. The Balaban J connectivity index is 1.69. The van der Waals surface area contributed by atoms with Crippen molar-refractivity contribution < 1.29 is 4.79 Å². The summed E-state index contributed by atoms with van der Waals surface area (Å²) in [5.74, 6) is -0.141. The lowest BCUT2D eigenvalue weighted by Gasteiger charge is -2.06. The third kappa shape index (κ3) is 3.07. The third-order valence-corrected chi connectivity index (χ3v) is 4.26. The molecule has 0 unspecified atom stereocenters. The molecule has 0 aliphatic carbocycles. The van der Waals surface area contributed by atoms with Crippen molar-refractivity contribution in [1.82, 2.24) is 15.3 Å². The number of fused-ring (bicyclic) bond motifs is 1. The Morgan fingerprint density at radius 1 is 1.32 bits per heavy atom. The number of anilines is 1. The van der Waals surface area contributed by atoms with Gasteiger partial charge >= 0.3 is 0 Å². The van der Waals surface area contributed by atoms with Gasteiger partial charge in [-0.3, -0.25) is 9.78 Å². The summed E-state index contributed by atoms with van der Waals surface area (Å²) in [5, 5.41) is 6.72. The lowest BCUT2D eigenvalue weighted by atomic mass is 10.1. The fourth-order valence-corrected chi connectivity index (χ4v) is 2.81. The van der Waals surface area contributed by atoms with Crippen molar-refractivity contribution in [1.29, 1.82) is 0 Å². The quantitative estimate of drug-likeness (QED) is 0.805. The first-order valence-electron chi connectivity index (χ1n) is 6.88. The van der Waals surface area contributed by atoms with Crippen LogP contribution in [0.3, 0.4) is 0 Å². The smallest absolute Gasteiger partial charge is 0.253 e. The van der Waals surface area contributed by atoms with Gasteiger partial charge in [0.25, 0.3) is 5.91 Å². The number of para-hydroxylation sites is 1. The van der Waals surface area contributed by atoms with Crippen LogP contribution in [0.2, 0.25) is 0 Å². The highest BCUT2D eigenvalue weighted by molar-refractivity contribution is 7.13. The number of benzene rings is 1. The summed E-state index contributed by atoms with van der Waals surface area (Å²) in [6, 6.07) is 9.59. The Morgan fingerprint density at radius 2 is 2.14 bits per heavy atom. The number of hydrogen-bond acceptors (Lipinski definition) is 5. The molecule has 1 N–H and O–H groups in total. The van der Waals surface area contributed by atoms with Crippen LogP contribution in [0.4, 0.5) is 5.13 Å². The number of amides is 1. The van der Waals surface area contributed by atoms with Crippen molar-refractivity contribution in [3.8, 4) is 0 Å². The second-order valence-electron chi connectivity index (χ2n) is 5.12. The van der Waals surface area contributed by atoms with Crippen molar-refractivity contribution >= 4 is 33.3 Å². The maximum absolute atomic E-state index is 12.2. The highest BCUT2D eigenvalue weighted by Crippen LogP contribution is 2.18. The Bertz CT molecular complexity index is 813. The van der Waals surface area contributed by atoms with Gasteiger partial charge in [-0.2, -0.15) is 0 Å². The SMILES string of the molecule is CN(C)c1nc(CNC(=O)c2cnc3ccccc3c2)cs1. The topological polar surface area (TPSA) is 58.1 Å². The van der Waals surface area contributed by atoms with E-state index in [9.17, 15) is 4.79 Å². The molecule has 0 fully saturated rings. The molecular weight excluding hydrogens is 296 g/mol. The van der Waals surface area contributed by atoms with Crippen molar-refractivity contribution in [2.75, 3.05) is 19.0 Å². The second kappa shape index (κ2) is 6.11. The van der Waals surface area contributed by atoms with Crippen LogP contribution >= 0.6 is 11.3 Å². The number of nitrogens with zero attached hydrogens (tertiary/aromatic N) is 3. The van der Waals surface area contributed by atoms with Crippen LogP contribution < -0.4 is 10.2 Å². The van der Waals surface area contributed by atoms with E-state index in [1.807, 2.05) is 54.7 Å². The monoisotopic (exact) mass is 312 g/mol. The Morgan fingerprint density at radius 3 is 2.91 bits per heavy atom. The average Bonchev–Trinajstić information content (AvgIpc) is 3.01. The van der Waals surface area contributed by atoms with E-state index in [0.717, 1.165) is 21.7 Å². The van der Waals surface area contributed by atoms with Crippen LogP contribution in [-0.2, 0) is 6.54 Å². The summed E-state index contributed by atoms with van der Waals surface area (Å²) in [7, 11) is 3.89. The summed E-state index contributed by atoms with van der Waals surface area (Å²) in [6.07, 6.45) is 1.60. The van der Waals surface area contributed by atoms with Crippen LogP contribution in [0.1, 0.15) is 16.1 Å². The van der Waals surface area contributed by atoms with E-state index in [0.29, 0.717) is 12.1 Å². The van der Waals surface area contributed by atoms with E-state index in [2.05, 4.69) is 15.3 Å². The predicted octanol–water partition coefficient (Wildman–Crippen LogP) is 2.69. The molecule has 0 saturated carbocycles. The van der Waals surface area contributed by atoms with E-state index in [-0.39, 0.29) is 5.91 Å². The number of rotatable bonds is 4. The summed E-state index contributed by atoms with van der Waals surface area (Å²) in [6.45, 7) is 0.413. The zero-order valence-electron chi connectivity index (χ0n) is 12.4. The summed E-state index contributed by atoms with van der Waals surface area (Å²) in [4.78, 5) is 22.9. The molecule has 2 aromatic heterocycles. The lowest BCUT2D eigenvalue weighted by molar-refractivity contribution is 0.0950. The first-order chi connectivity index (χ1) is 10.6. The molecule has 0 aliphatic rings. The highest BCUT2D eigenvalue weighted by atomic mass is 32.1. The Hall–Kier alpha value is -2.47. The van der Waals surface area contributed by atoms with Crippen LogP contribution in [0.15, 0.2) is 41.9 Å². The fourth-order valence-electron chi connectivity index (χ4n) is 2.05. The summed E-state index contributed by atoms with van der Waals surface area (Å²) < 4.78 is 0. The zero-order valence-corrected chi connectivity index (χ0v) is 13.2. The van der Waals surface area contributed by atoms with E-state index in [1.54, 1.807) is 17.5 Å². The van der Waals surface area contributed by atoms with Gasteiger partial charge in [-0.05, 0) is 12.1 Å². The van der Waals surface area contributed by atoms with E-state index in [1.165, 1.54) is 0 Å². The van der Waals surface area contributed by atoms with Gasteiger partial charge in [-0.1, -0.05) is 18.2 Å². The number of aromatic nitrogens is 2.